The van der Waals surface area contributed by atoms with Gasteiger partial charge in [-0.05, 0) is 18.2 Å². The second-order valence-electron chi connectivity index (χ2n) is 3.75. The van der Waals surface area contributed by atoms with Crippen LogP contribution in [0.2, 0.25) is 5.02 Å². The first-order chi connectivity index (χ1) is 9.21. The molecule has 1 N–H and O–H groups in total. The average molecular weight is 296 g/mol. The molecule has 0 aliphatic carbocycles. The zero-order valence-corrected chi connectivity index (χ0v) is 12.3. The maximum Gasteiger partial charge on any atom is 0.157 e. The Kier molecular flexibility index (Phi) is 5.01. The summed E-state index contributed by atoms with van der Waals surface area (Å²) < 4.78 is 5.07. The molecule has 0 saturated heterocycles. The predicted molar refractivity (Wildman–Crippen MR) is 77.9 cm³/mol. The van der Waals surface area contributed by atoms with Crippen molar-refractivity contribution in [3.63, 3.8) is 0 Å². The summed E-state index contributed by atoms with van der Waals surface area (Å²) in [6.07, 6.45) is 0. The molecule has 4 nitrogen and oxygen atoms in total. The number of aromatic nitrogens is 2. The van der Waals surface area contributed by atoms with E-state index in [-0.39, 0.29) is 0 Å². The van der Waals surface area contributed by atoms with Crippen molar-refractivity contribution in [2.45, 2.75) is 16.5 Å². The molecule has 0 spiro atoms. The lowest BCUT2D eigenvalue weighted by atomic mass is 10.4. The third kappa shape index (κ3) is 4.09. The van der Waals surface area contributed by atoms with Gasteiger partial charge in [-0.2, -0.15) is 0 Å². The molecule has 0 aliphatic heterocycles. The van der Waals surface area contributed by atoms with Crippen LogP contribution in [0.3, 0.4) is 0 Å². The second kappa shape index (κ2) is 6.75. The molecule has 0 bridgehead atoms. The van der Waals surface area contributed by atoms with Crippen LogP contribution in [0.1, 0.15) is 5.82 Å². The van der Waals surface area contributed by atoms with Crippen molar-refractivity contribution in [3.05, 3.63) is 41.2 Å². The first-order valence-electron chi connectivity index (χ1n) is 5.69. The van der Waals surface area contributed by atoms with Gasteiger partial charge >= 0.3 is 0 Å². The Labute approximate surface area is 121 Å². The Hall–Kier alpha value is -1.30. The first kappa shape index (κ1) is 14.1. The number of methoxy groups -OCH3 is 1. The van der Waals surface area contributed by atoms with Crippen LogP contribution in [-0.2, 0) is 11.3 Å². The number of nitrogens with zero attached hydrogens (tertiary/aromatic N) is 2. The van der Waals surface area contributed by atoms with Crippen molar-refractivity contribution in [2.24, 2.45) is 0 Å². The van der Waals surface area contributed by atoms with E-state index in [1.165, 1.54) is 0 Å². The fourth-order valence-electron chi connectivity index (χ4n) is 1.50. The minimum atomic E-state index is 0.388. The van der Waals surface area contributed by atoms with Crippen molar-refractivity contribution in [3.8, 4) is 0 Å². The predicted octanol–water partition coefficient (Wildman–Crippen LogP) is 3.47. The summed E-state index contributed by atoms with van der Waals surface area (Å²) in [5.41, 5.74) is 0. The number of anilines is 1. The molecule has 0 fully saturated rings. The molecule has 1 aromatic heterocycles. The van der Waals surface area contributed by atoms with E-state index < -0.39 is 0 Å². The fraction of sp³-hybridized carbons (Fsp3) is 0.231. The summed E-state index contributed by atoms with van der Waals surface area (Å²) in [7, 11) is 3.45. The highest BCUT2D eigenvalue weighted by atomic mass is 35.5. The molecular weight excluding hydrogens is 282 g/mol. The van der Waals surface area contributed by atoms with Gasteiger partial charge in [-0.1, -0.05) is 29.4 Å². The standard InChI is InChI=1S/C13H14ClN3OS/c1-15-11-7-13(17-12(16-11)8-18-2)19-10-5-3-4-9(14)6-10/h3-7H,8H2,1-2H3,(H,15,16,17). The molecule has 1 aromatic carbocycles. The van der Waals surface area contributed by atoms with Gasteiger partial charge in [0.1, 0.15) is 17.5 Å². The van der Waals surface area contributed by atoms with E-state index in [0.717, 1.165) is 15.7 Å². The molecule has 0 atom stereocenters. The molecule has 100 valence electrons. The number of hydrogen-bond donors (Lipinski definition) is 1. The molecule has 2 aromatic rings. The third-order valence-corrected chi connectivity index (χ3v) is 3.44. The SMILES string of the molecule is CNc1cc(Sc2cccc(Cl)c2)nc(COC)n1. The Morgan fingerprint density at radius 2 is 2.16 bits per heavy atom. The topological polar surface area (TPSA) is 47.0 Å². The van der Waals surface area contributed by atoms with Crippen LogP contribution >= 0.6 is 23.4 Å². The van der Waals surface area contributed by atoms with Crippen LogP contribution in [-0.4, -0.2) is 24.1 Å². The minimum Gasteiger partial charge on any atom is -0.377 e. The lowest BCUT2D eigenvalue weighted by Gasteiger charge is -2.07. The van der Waals surface area contributed by atoms with Gasteiger partial charge in [0.2, 0.25) is 0 Å². The van der Waals surface area contributed by atoms with Crippen molar-refractivity contribution in [1.29, 1.82) is 0 Å². The van der Waals surface area contributed by atoms with Gasteiger partial charge in [-0.15, -0.1) is 0 Å². The zero-order chi connectivity index (χ0) is 13.7. The van der Waals surface area contributed by atoms with Gasteiger partial charge in [0.15, 0.2) is 5.82 Å². The summed E-state index contributed by atoms with van der Waals surface area (Å²) in [6, 6.07) is 9.56. The van der Waals surface area contributed by atoms with Gasteiger partial charge in [0.25, 0.3) is 0 Å². The minimum absolute atomic E-state index is 0.388. The van der Waals surface area contributed by atoms with Crippen LogP contribution < -0.4 is 5.32 Å². The highest BCUT2D eigenvalue weighted by Crippen LogP contribution is 2.29. The molecule has 0 aliphatic rings. The third-order valence-electron chi connectivity index (χ3n) is 2.30. The van der Waals surface area contributed by atoms with E-state index in [0.29, 0.717) is 17.5 Å². The number of hydrogen-bond acceptors (Lipinski definition) is 5. The van der Waals surface area contributed by atoms with Gasteiger partial charge < -0.3 is 10.1 Å². The second-order valence-corrected chi connectivity index (χ2v) is 5.28. The molecular formula is C13H14ClN3OS. The van der Waals surface area contributed by atoms with Gasteiger partial charge in [0.05, 0.1) is 0 Å². The molecule has 6 heteroatoms. The van der Waals surface area contributed by atoms with Crippen LogP contribution in [0.25, 0.3) is 0 Å². The normalized spacial score (nSPS) is 10.5. The molecule has 0 unspecified atom stereocenters. The summed E-state index contributed by atoms with van der Waals surface area (Å²) >= 11 is 7.51. The van der Waals surface area contributed by atoms with E-state index in [4.69, 9.17) is 16.3 Å². The summed E-state index contributed by atoms with van der Waals surface area (Å²) in [5, 5.41) is 4.59. The van der Waals surface area contributed by atoms with Crippen molar-refractivity contribution >= 4 is 29.2 Å². The number of benzene rings is 1. The van der Waals surface area contributed by atoms with Crippen molar-refractivity contribution in [2.75, 3.05) is 19.5 Å². The number of nitrogens with one attached hydrogen (secondary N) is 1. The van der Waals surface area contributed by atoms with Crippen LogP contribution in [0.15, 0.2) is 40.3 Å². The maximum absolute atomic E-state index is 5.97. The van der Waals surface area contributed by atoms with E-state index >= 15 is 0 Å². The van der Waals surface area contributed by atoms with E-state index in [1.54, 1.807) is 18.9 Å². The van der Waals surface area contributed by atoms with Gasteiger partial charge in [-0.25, -0.2) is 9.97 Å². The van der Waals surface area contributed by atoms with Crippen molar-refractivity contribution in [1.82, 2.24) is 9.97 Å². The van der Waals surface area contributed by atoms with E-state index in [2.05, 4.69) is 15.3 Å². The van der Waals surface area contributed by atoms with Crippen LogP contribution in [0, 0.1) is 0 Å². The Bertz CT molecular complexity index is 565. The number of rotatable bonds is 5. The van der Waals surface area contributed by atoms with Gasteiger partial charge in [0, 0.05) is 30.1 Å². The Morgan fingerprint density at radius 1 is 1.32 bits per heavy atom. The van der Waals surface area contributed by atoms with E-state index in [1.807, 2.05) is 37.4 Å². The Balaban J connectivity index is 2.26. The Morgan fingerprint density at radius 3 is 2.84 bits per heavy atom. The maximum atomic E-state index is 5.97. The highest BCUT2D eigenvalue weighted by molar-refractivity contribution is 7.99. The lowest BCUT2D eigenvalue weighted by Crippen LogP contribution is -2.02. The molecule has 0 amide bonds. The zero-order valence-electron chi connectivity index (χ0n) is 10.7. The average Bonchev–Trinajstić information content (AvgIpc) is 2.39. The van der Waals surface area contributed by atoms with E-state index in [9.17, 15) is 0 Å². The fourth-order valence-corrected chi connectivity index (χ4v) is 2.65. The number of halogens is 1. The molecule has 0 radical (unpaired) electrons. The highest BCUT2D eigenvalue weighted by Gasteiger charge is 2.06. The monoisotopic (exact) mass is 295 g/mol. The summed E-state index contributed by atoms with van der Waals surface area (Å²) in [5.74, 6) is 1.42. The molecule has 19 heavy (non-hydrogen) atoms. The molecule has 2 rings (SSSR count). The summed E-state index contributed by atoms with van der Waals surface area (Å²) in [6.45, 7) is 0.388. The van der Waals surface area contributed by atoms with Crippen molar-refractivity contribution < 1.29 is 4.74 Å². The quantitative estimate of drug-likeness (QED) is 0.856. The van der Waals surface area contributed by atoms with Crippen LogP contribution in [0.5, 0.6) is 0 Å². The largest absolute Gasteiger partial charge is 0.377 e. The first-order valence-corrected chi connectivity index (χ1v) is 6.89. The summed E-state index contributed by atoms with van der Waals surface area (Å²) in [4.78, 5) is 9.79. The lowest BCUT2D eigenvalue weighted by molar-refractivity contribution is 0.177. The molecule has 1 heterocycles. The molecule has 0 saturated carbocycles. The number of ether oxygens (including phenoxy) is 1. The smallest absolute Gasteiger partial charge is 0.157 e. The van der Waals surface area contributed by atoms with Gasteiger partial charge in [-0.3, -0.25) is 0 Å². The van der Waals surface area contributed by atoms with Crippen LogP contribution in [0.4, 0.5) is 5.82 Å².